The quantitative estimate of drug-likeness (QED) is 0.310. The van der Waals surface area contributed by atoms with E-state index < -0.39 is 5.25 Å². The molecule has 4 rings (SSSR count). The molecule has 0 spiro atoms. The van der Waals surface area contributed by atoms with Crippen LogP contribution in [-0.4, -0.2) is 24.4 Å². The Hall–Kier alpha value is -2.93. The Bertz CT molecular complexity index is 1190. The van der Waals surface area contributed by atoms with E-state index in [0.717, 1.165) is 65.7 Å². The van der Waals surface area contributed by atoms with Crippen molar-refractivity contribution in [2.75, 3.05) is 13.2 Å². The van der Waals surface area contributed by atoms with Crippen LogP contribution in [0, 0.1) is 5.41 Å². The number of aryl methyl sites for hydroxylation is 1. The van der Waals surface area contributed by atoms with Crippen LogP contribution in [0.15, 0.2) is 47.1 Å². The Morgan fingerprint density at radius 3 is 2.43 bits per heavy atom. The molecule has 1 atom stereocenters. The standard InChI is InChI=1S/C28H33NO5S/c1-5-7-22-23(13-12-21-19(16-28(2,3)4)17-34-24(21)22)33-15-6-14-32-20-10-8-18(9-11-20)25-26(30)29-27(31)35-25/h8-13,17,25H,5-7,14-16H2,1-4H3,(H,29,30,31). The lowest BCUT2D eigenvalue weighted by Gasteiger charge is -2.17. The van der Waals surface area contributed by atoms with Crippen molar-refractivity contribution in [3.63, 3.8) is 0 Å². The monoisotopic (exact) mass is 495 g/mol. The molecule has 1 N–H and O–H groups in total. The molecule has 1 unspecified atom stereocenters. The van der Waals surface area contributed by atoms with Crippen molar-refractivity contribution in [2.45, 2.75) is 58.6 Å². The van der Waals surface area contributed by atoms with Gasteiger partial charge >= 0.3 is 0 Å². The van der Waals surface area contributed by atoms with Crippen LogP contribution >= 0.6 is 11.8 Å². The first-order valence-corrected chi connectivity index (χ1v) is 13.0. The van der Waals surface area contributed by atoms with Crippen molar-refractivity contribution >= 4 is 33.9 Å². The van der Waals surface area contributed by atoms with Gasteiger partial charge in [-0.15, -0.1) is 0 Å². The third-order valence-corrected chi connectivity index (χ3v) is 6.83. The fourth-order valence-electron chi connectivity index (χ4n) is 4.27. The van der Waals surface area contributed by atoms with Gasteiger partial charge in [-0.25, -0.2) is 0 Å². The van der Waals surface area contributed by atoms with Crippen molar-refractivity contribution in [2.24, 2.45) is 5.41 Å². The third-order valence-electron chi connectivity index (χ3n) is 5.79. The molecule has 3 aromatic rings. The summed E-state index contributed by atoms with van der Waals surface area (Å²) in [5.41, 5.74) is 4.30. The van der Waals surface area contributed by atoms with Crippen LogP contribution in [-0.2, 0) is 17.6 Å². The van der Waals surface area contributed by atoms with Gasteiger partial charge in [0.15, 0.2) is 0 Å². The summed E-state index contributed by atoms with van der Waals surface area (Å²) in [5.74, 6) is 1.33. The van der Waals surface area contributed by atoms with E-state index in [1.165, 1.54) is 10.9 Å². The summed E-state index contributed by atoms with van der Waals surface area (Å²) in [7, 11) is 0. The number of imide groups is 1. The Balaban J connectivity index is 1.31. The molecular formula is C28H33NO5S. The highest BCUT2D eigenvalue weighted by atomic mass is 32.2. The molecule has 35 heavy (non-hydrogen) atoms. The number of hydrogen-bond donors (Lipinski definition) is 1. The first kappa shape index (κ1) is 25.2. The molecule has 1 aromatic heterocycles. The number of thioether (sulfide) groups is 1. The fraction of sp³-hybridized carbons (Fsp3) is 0.429. The zero-order valence-electron chi connectivity index (χ0n) is 20.8. The van der Waals surface area contributed by atoms with Gasteiger partial charge in [-0.05, 0) is 65.4 Å². The molecular weight excluding hydrogens is 462 g/mol. The molecule has 0 saturated carbocycles. The highest BCUT2D eigenvalue weighted by molar-refractivity contribution is 8.15. The number of rotatable bonds is 10. The second kappa shape index (κ2) is 10.8. The van der Waals surface area contributed by atoms with Crippen molar-refractivity contribution in [3.8, 4) is 11.5 Å². The van der Waals surface area contributed by atoms with E-state index in [1.54, 1.807) is 0 Å². The molecule has 2 heterocycles. The van der Waals surface area contributed by atoms with Gasteiger partial charge in [0.2, 0.25) is 5.91 Å². The summed E-state index contributed by atoms with van der Waals surface area (Å²) in [6.07, 6.45) is 5.51. The van der Waals surface area contributed by atoms with Crippen molar-refractivity contribution < 1.29 is 23.5 Å². The molecule has 0 aliphatic carbocycles. The van der Waals surface area contributed by atoms with Crippen LogP contribution in [0.3, 0.4) is 0 Å². The number of hydrogen-bond acceptors (Lipinski definition) is 6. The number of amides is 2. The lowest BCUT2D eigenvalue weighted by atomic mass is 9.88. The average molecular weight is 496 g/mol. The molecule has 6 nitrogen and oxygen atoms in total. The van der Waals surface area contributed by atoms with Crippen molar-refractivity contribution in [1.82, 2.24) is 5.32 Å². The van der Waals surface area contributed by atoms with Crippen LogP contribution < -0.4 is 14.8 Å². The summed E-state index contributed by atoms with van der Waals surface area (Å²) in [5, 5.41) is 2.69. The van der Waals surface area contributed by atoms with E-state index in [2.05, 4.69) is 45.1 Å². The molecule has 0 radical (unpaired) electrons. The number of carbonyl (C=O) groups is 2. The zero-order valence-corrected chi connectivity index (χ0v) is 21.6. The summed E-state index contributed by atoms with van der Waals surface area (Å²) in [6.45, 7) is 9.93. The van der Waals surface area contributed by atoms with E-state index in [1.807, 2.05) is 30.5 Å². The Morgan fingerprint density at radius 2 is 1.77 bits per heavy atom. The normalized spacial score (nSPS) is 16.1. The van der Waals surface area contributed by atoms with Gasteiger partial charge in [-0.1, -0.05) is 46.2 Å². The van der Waals surface area contributed by atoms with Crippen LogP contribution in [0.5, 0.6) is 11.5 Å². The lowest BCUT2D eigenvalue weighted by Crippen LogP contribution is -2.20. The van der Waals surface area contributed by atoms with Gasteiger partial charge in [0.25, 0.3) is 5.24 Å². The molecule has 1 aliphatic rings. The summed E-state index contributed by atoms with van der Waals surface area (Å²) >= 11 is 1.000. The second-order valence-electron chi connectivity index (χ2n) is 10.1. The van der Waals surface area contributed by atoms with Gasteiger partial charge in [-0.3, -0.25) is 14.9 Å². The zero-order chi connectivity index (χ0) is 25.0. The van der Waals surface area contributed by atoms with Crippen LogP contribution in [0.2, 0.25) is 0 Å². The average Bonchev–Trinajstić information content (AvgIpc) is 3.36. The number of fused-ring (bicyclic) bond motifs is 1. The van der Waals surface area contributed by atoms with E-state index in [0.29, 0.717) is 13.2 Å². The van der Waals surface area contributed by atoms with Crippen LogP contribution in [0.25, 0.3) is 11.0 Å². The molecule has 1 aliphatic heterocycles. The maximum absolute atomic E-state index is 11.8. The number of ether oxygens (including phenoxy) is 2. The number of furan rings is 1. The first-order chi connectivity index (χ1) is 16.7. The van der Waals surface area contributed by atoms with Gasteiger partial charge in [0.1, 0.15) is 22.3 Å². The van der Waals surface area contributed by atoms with Crippen LogP contribution in [0.4, 0.5) is 4.79 Å². The minimum atomic E-state index is -0.488. The molecule has 1 saturated heterocycles. The molecule has 0 bridgehead atoms. The Labute approximate surface area is 210 Å². The van der Waals surface area contributed by atoms with Gasteiger partial charge in [0.05, 0.1) is 19.5 Å². The Morgan fingerprint density at radius 1 is 1.03 bits per heavy atom. The molecule has 186 valence electrons. The smallest absolute Gasteiger partial charge is 0.286 e. The molecule has 2 aromatic carbocycles. The second-order valence-corrected chi connectivity index (χ2v) is 11.1. The summed E-state index contributed by atoms with van der Waals surface area (Å²) in [6, 6.07) is 11.5. The number of nitrogens with one attached hydrogen (secondary N) is 1. The Kier molecular flexibility index (Phi) is 7.75. The summed E-state index contributed by atoms with van der Waals surface area (Å²) < 4.78 is 18.0. The van der Waals surface area contributed by atoms with E-state index in [-0.39, 0.29) is 16.6 Å². The number of carbonyl (C=O) groups excluding carboxylic acids is 2. The maximum atomic E-state index is 11.8. The topological polar surface area (TPSA) is 77.8 Å². The predicted octanol–water partition coefficient (Wildman–Crippen LogP) is 6.85. The van der Waals surface area contributed by atoms with Crippen molar-refractivity contribution in [1.29, 1.82) is 0 Å². The fourth-order valence-corrected chi connectivity index (χ4v) is 5.10. The first-order valence-electron chi connectivity index (χ1n) is 12.1. The SMILES string of the molecule is CCCc1c(OCCCOc2ccc(C3SC(=O)NC3=O)cc2)ccc2c(CC(C)(C)C)coc12. The highest BCUT2D eigenvalue weighted by Gasteiger charge is 2.32. The molecule has 1 fully saturated rings. The molecule has 2 amide bonds. The number of benzene rings is 2. The van der Waals surface area contributed by atoms with E-state index in [4.69, 9.17) is 13.9 Å². The van der Waals surface area contributed by atoms with Gasteiger partial charge < -0.3 is 13.9 Å². The third kappa shape index (κ3) is 6.20. The van der Waals surface area contributed by atoms with Crippen molar-refractivity contribution in [3.05, 3.63) is 59.4 Å². The minimum absolute atomic E-state index is 0.195. The highest BCUT2D eigenvalue weighted by Crippen LogP contribution is 2.36. The minimum Gasteiger partial charge on any atom is -0.493 e. The largest absolute Gasteiger partial charge is 0.493 e. The van der Waals surface area contributed by atoms with E-state index >= 15 is 0 Å². The van der Waals surface area contributed by atoms with Crippen LogP contribution in [0.1, 0.15) is 62.5 Å². The van der Waals surface area contributed by atoms with Gasteiger partial charge in [-0.2, -0.15) is 0 Å². The maximum Gasteiger partial charge on any atom is 0.286 e. The van der Waals surface area contributed by atoms with Gasteiger partial charge in [0, 0.05) is 17.4 Å². The lowest BCUT2D eigenvalue weighted by molar-refractivity contribution is -0.119. The molecule has 7 heteroatoms. The van der Waals surface area contributed by atoms with E-state index in [9.17, 15) is 9.59 Å². The summed E-state index contributed by atoms with van der Waals surface area (Å²) in [4.78, 5) is 23.2. The predicted molar refractivity (Wildman–Crippen MR) is 139 cm³/mol.